The second-order valence-electron chi connectivity index (χ2n) is 5.52. The van der Waals surface area contributed by atoms with Gasteiger partial charge in [-0.25, -0.2) is 9.18 Å². The van der Waals surface area contributed by atoms with E-state index in [1.807, 2.05) is 0 Å². The molecule has 1 atom stereocenters. The third-order valence-corrected chi connectivity index (χ3v) is 4.14. The summed E-state index contributed by atoms with van der Waals surface area (Å²) in [4.78, 5) is 24.9. The van der Waals surface area contributed by atoms with Crippen molar-refractivity contribution < 1.29 is 19.1 Å². The highest BCUT2D eigenvalue weighted by molar-refractivity contribution is 5.90. The van der Waals surface area contributed by atoms with Gasteiger partial charge in [-0.2, -0.15) is 0 Å². The second-order valence-corrected chi connectivity index (χ2v) is 5.52. The Kier molecular flexibility index (Phi) is 4.16. The highest BCUT2D eigenvalue weighted by Gasteiger charge is 2.44. The van der Waals surface area contributed by atoms with E-state index in [9.17, 15) is 19.1 Å². The molecular weight excluding hydrogens is 275 g/mol. The Morgan fingerprint density at radius 3 is 2.71 bits per heavy atom. The van der Waals surface area contributed by atoms with E-state index in [-0.39, 0.29) is 12.2 Å². The van der Waals surface area contributed by atoms with E-state index in [4.69, 9.17) is 0 Å². The number of aryl methyl sites for hydroxylation is 1. The van der Waals surface area contributed by atoms with Gasteiger partial charge in [0.25, 0.3) is 0 Å². The zero-order valence-corrected chi connectivity index (χ0v) is 12.1. The Morgan fingerprint density at radius 2 is 2.19 bits per heavy atom. The van der Waals surface area contributed by atoms with Gasteiger partial charge in [-0.1, -0.05) is 13.0 Å². The smallest absolute Gasteiger partial charge is 0.321 e. The summed E-state index contributed by atoms with van der Waals surface area (Å²) >= 11 is 0. The highest BCUT2D eigenvalue weighted by Crippen LogP contribution is 2.34. The van der Waals surface area contributed by atoms with Crippen LogP contribution < -0.4 is 5.32 Å². The number of benzene rings is 1. The van der Waals surface area contributed by atoms with Crippen LogP contribution in [0.4, 0.5) is 14.9 Å². The Balaban J connectivity index is 2.07. The van der Waals surface area contributed by atoms with Gasteiger partial charge in [0.2, 0.25) is 0 Å². The zero-order valence-electron chi connectivity index (χ0n) is 12.1. The van der Waals surface area contributed by atoms with Gasteiger partial charge in [0, 0.05) is 13.1 Å². The number of carboxylic acid groups (broad SMARTS) is 1. The number of hydrogen-bond donors (Lipinski definition) is 2. The number of carbonyl (C=O) groups excluding carboxylic acids is 1. The summed E-state index contributed by atoms with van der Waals surface area (Å²) in [5.41, 5.74) is -0.0131. The molecule has 114 valence electrons. The van der Waals surface area contributed by atoms with Gasteiger partial charge in [0.05, 0.1) is 11.1 Å². The van der Waals surface area contributed by atoms with Gasteiger partial charge in [0.1, 0.15) is 5.82 Å². The molecule has 2 rings (SSSR count). The Labute approximate surface area is 122 Å². The molecule has 6 heteroatoms. The summed E-state index contributed by atoms with van der Waals surface area (Å²) < 4.78 is 13.7. The van der Waals surface area contributed by atoms with Crippen molar-refractivity contribution in [1.82, 2.24) is 4.90 Å². The van der Waals surface area contributed by atoms with Crippen LogP contribution in [0.3, 0.4) is 0 Å². The number of halogens is 1. The topological polar surface area (TPSA) is 69.6 Å². The van der Waals surface area contributed by atoms with Gasteiger partial charge in [-0.3, -0.25) is 4.79 Å². The van der Waals surface area contributed by atoms with E-state index in [0.29, 0.717) is 19.4 Å². The van der Waals surface area contributed by atoms with Crippen LogP contribution in [0.25, 0.3) is 0 Å². The molecule has 0 bridgehead atoms. The first-order valence-electron chi connectivity index (χ1n) is 6.93. The van der Waals surface area contributed by atoms with Crippen molar-refractivity contribution >= 4 is 17.7 Å². The maximum atomic E-state index is 13.7. The summed E-state index contributed by atoms with van der Waals surface area (Å²) in [5, 5.41) is 11.8. The summed E-state index contributed by atoms with van der Waals surface area (Å²) in [5.74, 6) is -1.38. The van der Waals surface area contributed by atoms with Crippen LogP contribution in [0, 0.1) is 18.2 Å². The van der Waals surface area contributed by atoms with E-state index in [1.165, 1.54) is 17.0 Å². The van der Waals surface area contributed by atoms with Crippen LogP contribution in [0.1, 0.15) is 25.3 Å². The molecule has 5 nitrogen and oxygen atoms in total. The average molecular weight is 294 g/mol. The molecule has 1 fully saturated rings. The van der Waals surface area contributed by atoms with E-state index in [1.54, 1.807) is 19.9 Å². The predicted molar refractivity (Wildman–Crippen MR) is 76.7 cm³/mol. The average Bonchev–Trinajstić information content (AvgIpc) is 2.88. The minimum atomic E-state index is -0.887. The number of aliphatic carboxylic acids is 1. The number of anilines is 1. The van der Waals surface area contributed by atoms with Crippen LogP contribution in [-0.2, 0) is 4.79 Å². The van der Waals surface area contributed by atoms with Gasteiger partial charge in [0.15, 0.2) is 0 Å². The van der Waals surface area contributed by atoms with Crippen LogP contribution in [0.15, 0.2) is 18.2 Å². The van der Waals surface area contributed by atoms with Gasteiger partial charge in [-0.05, 0) is 37.5 Å². The lowest BCUT2D eigenvalue weighted by Gasteiger charge is -2.23. The molecule has 1 aromatic carbocycles. The summed E-state index contributed by atoms with van der Waals surface area (Å²) in [6, 6.07) is 4.08. The molecule has 1 heterocycles. The maximum absolute atomic E-state index is 13.7. The predicted octanol–water partition coefficient (Wildman–Crippen LogP) is 2.85. The quantitative estimate of drug-likeness (QED) is 0.900. The van der Waals surface area contributed by atoms with Crippen LogP contribution in [-0.4, -0.2) is 35.1 Å². The second kappa shape index (κ2) is 5.71. The molecule has 1 aliphatic heterocycles. The zero-order chi connectivity index (χ0) is 15.6. The van der Waals surface area contributed by atoms with Crippen molar-refractivity contribution in [2.75, 3.05) is 18.4 Å². The van der Waals surface area contributed by atoms with Crippen molar-refractivity contribution in [2.24, 2.45) is 5.41 Å². The van der Waals surface area contributed by atoms with Gasteiger partial charge < -0.3 is 15.3 Å². The SMILES string of the molecule is CCC1(C(=O)O)CCN(C(=O)Nc2ccc(C)cc2F)C1. The van der Waals surface area contributed by atoms with E-state index in [0.717, 1.165) is 5.56 Å². The molecule has 1 aromatic rings. The largest absolute Gasteiger partial charge is 0.481 e. The van der Waals surface area contributed by atoms with Crippen LogP contribution in [0.2, 0.25) is 0 Å². The molecule has 21 heavy (non-hydrogen) atoms. The summed E-state index contributed by atoms with van der Waals surface area (Å²) in [6.07, 6.45) is 0.883. The molecule has 0 radical (unpaired) electrons. The first kappa shape index (κ1) is 15.3. The van der Waals surface area contributed by atoms with Crippen LogP contribution in [0.5, 0.6) is 0 Å². The Hall–Kier alpha value is -2.11. The molecule has 0 aliphatic carbocycles. The fourth-order valence-electron chi connectivity index (χ4n) is 2.58. The van der Waals surface area contributed by atoms with Crippen LogP contribution >= 0.6 is 0 Å². The standard InChI is InChI=1S/C15H19FN2O3/c1-3-15(13(19)20)6-7-18(9-15)14(21)17-12-5-4-10(2)8-11(12)16/h4-5,8H,3,6-7,9H2,1-2H3,(H,17,21)(H,19,20). The van der Waals surface area contributed by atoms with Crippen molar-refractivity contribution in [2.45, 2.75) is 26.7 Å². The number of nitrogens with one attached hydrogen (secondary N) is 1. The first-order valence-corrected chi connectivity index (χ1v) is 6.93. The number of carboxylic acids is 1. The number of amides is 2. The van der Waals surface area contributed by atoms with Gasteiger partial charge >= 0.3 is 12.0 Å². The molecule has 2 N–H and O–H groups in total. The molecule has 0 spiro atoms. The molecule has 1 saturated heterocycles. The maximum Gasteiger partial charge on any atom is 0.321 e. The molecule has 1 unspecified atom stereocenters. The fourth-order valence-corrected chi connectivity index (χ4v) is 2.58. The number of likely N-dealkylation sites (tertiary alicyclic amines) is 1. The van der Waals surface area contributed by atoms with E-state index < -0.39 is 23.2 Å². The number of rotatable bonds is 3. The van der Waals surface area contributed by atoms with E-state index >= 15 is 0 Å². The Morgan fingerprint density at radius 1 is 1.48 bits per heavy atom. The first-order chi connectivity index (χ1) is 9.88. The number of nitrogens with zero attached hydrogens (tertiary/aromatic N) is 1. The highest BCUT2D eigenvalue weighted by atomic mass is 19.1. The van der Waals surface area contributed by atoms with Crippen molar-refractivity contribution in [3.8, 4) is 0 Å². The van der Waals surface area contributed by atoms with Crippen molar-refractivity contribution in [3.05, 3.63) is 29.6 Å². The minimum Gasteiger partial charge on any atom is -0.481 e. The number of urea groups is 1. The third-order valence-electron chi connectivity index (χ3n) is 4.14. The monoisotopic (exact) mass is 294 g/mol. The molecule has 0 aromatic heterocycles. The minimum absolute atomic E-state index is 0.106. The molecule has 0 saturated carbocycles. The lowest BCUT2D eigenvalue weighted by molar-refractivity contribution is -0.148. The Bertz CT molecular complexity index is 576. The van der Waals surface area contributed by atoms with Crippen molar-refractivity contribution in [3.63, 3.8) is 0 Å². The van der Waals surface area contributed by atoms with Crippen molar-refractivity contribution in [1.29, 1.82) is 0 Å². The van der Waals surface area contributed by atoms with Gasteiger partial charge in [-0.15, -0.1) is 0 Å². The lowest BCUT2D eigenvalue weighted by atomic mass is 9.84. The number of hydrogen-bond acceptors (Lipinski definition) is 2. The van der Waals surface area contributed by atoms with E-state index in [2.05, 4.69) is 5.32 Å². The molecular formula is C15H19FN2O3. The molecule has 1 aliphatic rings. The lowest BCUT2D eigenvalue weighted by Crippen LogP contribution is -2.38. The summed E-state index contributed by atoms with van der Waals surface area (Å²) in [6.45, 7) is 4.07. The third kappa shape index (κ3) is 2.99. The number of carbonyl (C=O) groups is 2. The fraction of sp³-hybridized carbons (Fsp3) is 0.467. The normalized spacial score (nSPS) is 21.4. The summed E-state index contributed by atoms with van der Waals surface area (Å²) in [7, 11) is 0. The molecule has 2 amide bonds.